The number of halogens is 2. The van der Waals surface area contributed by atoms with Gasteiger partial charge in [-0.2, -0.15) is 4.31 Å². The Balaban J connectivity index is 3.07. The van der Waals surface area contributed by atoms with E-state index in [1.54, 1.807) is 0 Å². The smallest absolute Gasteiger partial charge is 0.243 e. The average molecular weight is 294 g/mol. The van der Waals surface area contributed by atoms with Gasteiger partial charge in [-0.1, -0.05) is 0 Å². The largest absolute Gasteiger partial charge is 0.383 e. The monoisotopic (exact) mass is 294 g/mol. The van der Waals surface area contributed by atoms with Gasteiger partial charge in [0, 0.05) is 26.7 Å². The van der Waals surface area contributed by atoms with Crippen LogP contribution in [-0.2, 0) is 14.8 Å². The Kier molecular flexibility index (Phi) is 5.80. The molecule has 0 fully saturated rings. The third-order valence-electron chi connectivity index (χ3n) is 2.45. The molecule has 0 saturated heterocycles. The van der Waals surface area contributed by atoms with Crippen LogP contribution in [0.1, 0.15) is 0 Å². The molecule has 1 aromatic carbocycles. The predicted octanol–water partition coefficient (Wildman–Crippen LogP) is 0.561. The summed E-state index contributed by atoms with van der Waals surface area (Å²) >= 11 is 0. The molecule has 8 heteroatoms. The van der Waals surface area contributed by atoms with Crippen molar-refractivity contribution in [1.82, 2.24) is 4.31 Å². The van der Waals surface area contributed by atoms with E-state index in [-0.39, 0.29) is 31.1 Å². The van der Waals surface area contributed by atoms with Gasteiger partial charge < -0.3 is 10.5 Å². The second kappa shape index (κ2) is 6.90. The standard InChI is InChI=1S/C11H16F2N2O3S/c1-18-7-6-15(5-4-14)19(16,17)9-2-3-10(12)11(13)8-9/h2-3,8H,4-7,14H2,1H3. The van der Waals surface area contributed by atoms with Gasteiger partial charge in [0.05, 0.1) is 11.5 Å². The van der Waals surface area contributed by atoms with Gasteiger partial charge in [0.2, 0.25) is 10.0 Å². The molecule has 19 heavy (non-hydrogen) atoms. The van der Waals surface area contributed by atoms with E-state index in [2.05, 4.69) is 0 Å². The molecular weight excluding hydrogens is 278 g/mol. The number of benzene rings is 1. The van der Waals surface area contributed by atoms with Crippen LogP contribution < -0.4 is 5.73 Å². The van der Waals surface area contributed by atoms with Crippen LogP contribution in [0.5, 0.6) is 0 Å². The summed E-state index contributed by atoms with van der Waals surface area (Å²) in [7, 11) is -2.47. The second-order valence-corrected chi connectivity index (χ2v) is 5.70. The van der Waals surface area contributed by atoms with Crippen LogP contribution in [0.15, 0.2) is 23.1 Å². The van der Waals surface area contributed by atoms with Gasteiger partial charge >= 0.3 is 0 Å². The van der Waals surface area contributed by atoms with Gasteiger partial charge in [0.1, 0.15) is 0 Å². The topological polar surface area (TPSA) is 72.6 Å². The fourth-order valence-corrected chi connectivity index (χ4v) is 2.93. The van der Waals surface area contributed by atoms with E-state index in [1.807, 2.05) is 0 Å². The van der Waals surface area contributed by atoms with Crippen molar-refractivity contribution in [3.8, 4) is 0 Å². The first-order valence-electron chi connectivity index (χ1n) is 5.57. The highest BCUT2D eigenvalue weighted by Crippen LogP contribution is 2.18. The highest BCUT2D eigenvalue weighted by Gasteiger charge is 2.24. The molecular formula is C11H16F2N2O3S. The molecule has 0 spiro atoms. The molecule has 0 heterocycles. The number of nitrogens with two attached hydrogens (primary N) is 1. The zero-order chi connectivity index (χ0) is 14.5. The maximum absolute atomic E-state index is 13.1. The van der Waals surface area contributed by atoms with Crippen LogP contribution in [0.2, 0.25) is 0 Å². The predicted molar refractivity (Wildman–Crippen MR) is 66.0 cm³/mol. The maximum Gasteiger partial charge on any atom is 0.243 e. The van der Waals surface area contributed by atoms with Crippen molar-refractivity contribution < 1.29 is 21.9 Å². The van der Waals surface area contributed by atoms with E-state index in [9.17, 15) is 17.2 Å². The van der Waals surface area contributed by atoms with E-state index >= 15 is 0 Å². The normalized spacial score (nSPS) is 12.1. The summed E-state index contributed by atoms with van der Waals surface area (Å²) in [5.41, 5.74) is 5.35. The minimum absolute atomic E-state index is 0.0741. The summed E-state index contributed by atoms with van der Waals surface area (Å²) < 4.78 is 56.2. The Morgan fingerprint density at radius 3 is 2.47 bits per heavy atom. The number of hydrogen-bond acceptors (Lipinski definition) is 4. The molecule has 0 radical (unpaired) electrons. The van der Waals surface area contributed by atoms with Crippen LogP contribution >= 0.6 is 0 Å². The second-order valence-electron chi connectivity index (χ2n) is 3.76. The number of sulfonamides is 1. The fraction of sp³-hybridized carbons (Fsp3) is 0.455. The number of hydrogen-bond donors (Lipinski definition) is 1. The van der Waals surface area contributed by atoms with Crippen molar-refractivity contribution in [2.24, 2.45) is 5.73 Å². The molecule has 108 valence electrons. The third kappa shape index (κ3) is 3.93. The molecule has 0 atom stereocenters. The first-order chi connectivity index (χ1) is 8.93. The number of ether oxygens (including phenoxy) is 1. The third-order valence-corrected chi connectivity index (χ3v) is 4.35. The first kappa shape index (κ1) is 16.0. The molecule has 1 aromatic rings. The summed E-state index contributed by atoms with van der Waals surface area (Å²) in [6, 6.07) is 2.45. The minimum atomic E-state index is -3.91. The number of methoxy groups -OCH3 is 1. The Bertz CT molecular complexity index is 523. The van der Waals surface area contributed by atoms with E-state index in [1.165, 1.54) is 7.11 Å². The lowest BCUT2D eigenvalue weighted by Crippen LogP contribution is -2.37. The Morgan fingerprint density at radius 2 is 1.95 bits per heavy atom. The van der Waals surface area contributed by atoms with Crippen LogP contribution in [0.4, 0.5) is 8.78 Å². The zero-order valence-corrected chi connectivity index (χ0v) is 11.3. The molecule has 0 unspecified atom stereocenters. The maximum atomic E-state index is 13.1. The number of rotatable bonds is 7. The molecule has 0 aliphatic carbocycles. The molecule has 1 rings (SSSR count). The van der Waals surface area contributed by atoms with Crippen LogP contribution in [0.25, 0.3) is 0 Å². The van der Waals surface area contributed by atoms with Gasteiger partial charge in [-0.25, -0.2) is 17.2 Å². The van der Waals surface area contributed by atoms with Gasteiger partial charge in [0.15, 0.2) is 11.6 Å². The highest BCUT2D eigenvalue weighted by atomic mass is 32.2. The lowest BCUT2D eigenvalue weighted by Gasteiger charge is -2.21. The van der Waals surface area contributed by atoms with Crippen molar-refractivity contribution in [3.05, 3.63) is 29.8 Å². The van der Waals surface area contributed by atoms with Crippen molar-refractivity contribution in [2.45, 2.75) is 4.90 Å². The SMILES string of the molecule is COCCN(CCN)S(=O)(=O)c1ccc(F)c(F)c1. The molecule has 0 aliphatic rings. The first-order valence-corrected chi connectivity index (χ1v) is 7.01. The van der Waals surface area contributed by atoms with Crippen LogP contribution in [-0.4, -0.2) is 46.1 Å². The van der Waals surface area contributed by atoms with Crippen molar-refractivity contribution >= 4 is 10.0 Å². The average Bonchev–Trinajstić information content (AvgIpc) is 2.37. The van der Waals surface area contributed by atoms with Gasteiger partial charge in [-0.3, -0.25) is 0 Å². The van der Waals surface area contributed by atoms with E-state index in [4.69, 9.17) is 10.5 Å². The van der Waals surface area contributed by atoms with E-state index < -0.39 is 21.7 Å². The Morgan fingerprint density at radius 1 is 1.26 bits per heavy atom. The molecule has 0 amide bonds. The Hall–Kier alpha value is -1.09. The van der Waals surface area contributed by atoms with E-state index in [0.29, 0.717) is 6.07 Å². The Labute approximate surface area is 111 Å². The minimum Gasteiger partial charge on any atom is -0.383 e. The van der Waals surface area contributed by atoms with Gasteiger partial charge in [0.25, 0.3) is 0 Å². The van der Waals surface area contributed by atoms with Gasteiger partial charge in [-0.05, 0) is 18.2 Å². The summed E-state index contributed by atoms with van der Waals surface area (Å²) in [4.78, 5) is -0.309. The summed E-state index contributed by atoms with van der Waals surface area (Å²) in [6.45, 7) is 0.468. The molecule has 5 nitrogen and oxygen atoms in total. The summed E-state index contributed by atoms with van der Waals surface area (Å²) in [5.74, 6) is -2.30. The quantitative estimate of drug-likeness (QED) is 0.797. The van der Waals surface area contributed by atoms with Crippen molar-refractivity contribution in [2.75, 3.05) is 33.4 Å². The molecule has 0 bridgehead atoms. The molecule has 0 aromatic heterocycles. The van der Waals surface area contributed by atoms with Crippen molar-refractivity contribution in [1.29, 1.82) is 0 Å². The summed E-state index contributed by atoms with van der Waals surface area (Å²) in [5, 5.41) is 0. The zero-order valence-electron chi connectivity index (χ0n) is 10.5. The van der Waals surface area contributed by atoms with Crippen LogP contribution in [0, 0.1) is 11.6 Å². The van der Waals surface area contributed by atoms with Gasteiger partial charge in [-0.15, -0.1) is 0 Å². The lowest BCUT2D eigenvalue weighted by atomic mass is 10.3. The van der Waals surface area contributed by atoms with E-state index in [0.717, 1.165) is 16.4 Å². The van der Waals surface area contributed by atoms with Crippen molar-refractivity contribution in [3.63, 3.8) is 0 Å². The fourth-order valence-electron chi connectivity index (χ4n) is 1.48. The highest BCUT2D eigenvalue weighted by molar-refractivity contribution is 7.89. The molecule has 2 N–H and O–H groups in total. The summed E-state index contributed by atoms with van der Waals surface area (Å²) in [6.07, 6.45) is 0. The van der Waals surface area contributed by atoms with Crippen LogP contribution in [0.3, 0.4) is 0 Å². The molecule has 0 aliphatic heterocycles. The molecule has 0 saturated carbocycles. The number of nitrogens with zero attached hydrogens (tertiary/aromatic N) is 1. The lowest BCUT2D eigenvalue weighted by molar-refractivity contribution is 0.179.